The smallest absolute Gasteiger partial charge is 1.00 e. The van der Waals surface area contributed by atoms with E-state index in [2.05, 4.69) is 19.1 Å². The van der Waals surface area contributed by atoms with E-state index in [0.717, 1.165) is 12.8 Å². The summed E-state index contributed by atoms with van der Waals surface area (Å²) in [6.07, 6.45) is 21.2. The predicted molar refractivity (Wildman–Crippen MR) is 89.3 cm³/mol. The van der Waals surface area contributed by atoms with Crippen LogP contribution in [0.15, 0.2) is 12.2 Å². The first-order valence-electron chi connectivity index (χ1n) is 8.64. The van der Waals surface area contributed by atoms with Crippen LogP contribution < -0.4 is 37.7 Å². The Bertz CT molecular complexity index is 253. The van der Waals surface area contributed by atoms with Crippen molar-refractivity contribution in [3.8, 4) is 0 Å². The largest absolute Gasteiger partial charge is 1.00 e. The zero-order chi connectivity index (χ0) is 14.9. The van der Waals surface area contributed by atoms with Crippen LogP contribution in [0.2, 0.25) is 0 Å². The van der Waals surface area contributed by atoms with Gasteiger partial charge in [-0.3, -0.25) is 4.79 Å². The van der Waals surface area contributed by atoms with E-state index in [1.165, 1.54) is 70.6 Å². The second-order valence-electron chi connectivity index (χ2n) is 5.73. The third-order valence-corrected chi connectivity index (χ3v) is 3.65. The van der Waals surface area contributed by atoms with Crippen molar-refractivity contribution < 1.29 is 50.5 Å². The predicted octanol–water partition coefficient (Wildman–Crippen LogP) is 0.342. The molecule has 0 aromatic carbocycles. The van der Waals surface area contributed by atoms with Crippen molar-refractivity contribution in [3.63, 3.8) is 0 Å². The normalized spacial score (nSPS) is 10.2. The van der Waals surface area contributed by atoms with Crippen molar-refractivity contribution in [1.82, 2.24) is 0 Å². The van der Waals surface area contributed by atoms with Crippen molar-refractivity contribution in [2.45, 2.75) is 96.8 Å². The summed E-state index contributed by atoms with van der Waals surface area (Å²) in [5.41, 5.74) is 0. The zero-order valence-electron chi connectivity index (χ0n) is 17.4. The molecule has 0 heterocycles. The van der Waals surface area contributed by atoms with Gasteiger partial charge in [0.05, 0.1) is 0 Å². The summed E-state index contributed by atoms with van der Waals surface area (Å²) in [6, 6.07) is 0. The molecular formula is C18H36Li2O2. The molecule has 0 atom stereocenters. The molecule has 0 aromatic heterocycles. The minimum absolute atomic E-state index is 0. The standard InChI is InChI=1S/C18H34O2.2Li.2H/c1-2-3-4-5-6-7-8-9-10-11-12-13-14-15-16-17-18(19)20;;;;/h9-10H,2-8,11-17H2,1H3,(H,19,20);;;;/q;2*+1;2*-1/b10-9-;;;;. The fourth-order valence-corrected chi connectivity index (χ4v) is 2.35. The van der Waals surface area contributed by atoms with Gasteiger partial charge < -0.3 is 7.96 Å². The minimum Gasteiger partial charge on any atom is -1.00 e. The van der Waals surface area contributed by atoms with E-state index in [1.54, 1.807) is 0 Å². The average molecular weight is 298 g/mol. The van der Waals surface area contributed by atoms with E-state index < -0.39 is 5.97 Å². The van der Waals surface area contributed by atoms with Crippen LogP contribution in [-0.4, -0.2) is 11.1 Å². The zero-order valence-corrected chi connectivity index (χ0v) is 15.4. The molecule has 0 aliphatic carbocycles. The number of carboxylic acids is 1. The van der Waals surface area contributed by atoms with Crippen LogP contribution in [0.1, 0.15) is 99.7 Å². The van der Waals surface area contributed by atoms with Crippen LogP contribution in [0, 0.1) is 0 Å². The number of carboxylic acid groups (broad SMARTS) is 1. The van der Waals surface area contributed by atoms with E-state index in [-0.39, 0.29) is 40.6 Å². The van der Waals surface area contributed by atoms with E-state index >= 15 is 0 Å². The van der Waals surface area contributed by atoms with Gasteiger partial charge in [0.25, 0.3) is 0 Å². The quantitative estimate of drug-likeness (QED) is 0.269. The molecule has 0 aliphatic rings. The van der Waals surface area contributed by atoms with Crippen molar-refractivity contribution in [2.24, 2.45) is 0 Å². The number of hydrogen-bond acceptors (Lipinski definition) is 1. The Morgan fingerprint density at radius 2 is 1.18 bits per heavy atom. The molecule has 0 saturated carbocycles. The molecule has 0 aliphatic heterocycles. The van der Waals surface area contributed by atoms with Gasteiger partial charge in [-0.2, -0.15) is 0 Å². The van der Waals surface area contributed by atoms with Gasteiger partial charge in [0, 0.05) is 6.42 Å². The third-order valence-electron chi connectivity index (χ3n) is 3.65. The third kappa shape index (κ3) is 25.4. The number of rotatable bonds is 15. The fourth-order valence-electron chi connectivity index (χ4n) is 2.35. The van der Waals surface area contributed by atoms with Gasteiger partial charge in [0.2, 0.25) is 0 Å². The van der Waals surface area contributed by atoms with E-state index in [4.69, 9.17) is 5.11 Å². The van der Waals surface area contributed by atoms with Gasteiger partial charge in [-0.05, 0) is 32.1 Å². The Morgan fingerprint density at radius 1 is 0.773 bits per heavy atom. The van der Waals surface area contributed by atoms with Gasteiger partial charge in [0.1, 0.15) is 0 Å². The van der Waals surface area contributed by atoms with Gasteiger partial charge >= 0.3 is 43.7 Å². The summed E-state index contributed by atoms with van der Waals surface area (Å²) in [7, 11) is 0. The maximum absolute atomic E-state index is 10.3. The first-order valence-corrected chi connectivity index (χ1v) is 8.64. The summed E-state index contributed by atoms with van der Waals surface area (Å²) < 4.78 is 0. The van der Waals surface area contributed by atoms with Crippen molar-refractivity contribution >= 4 is 5.97 Å². The summed E-state index contributed by atoms with van der Waals surface area (Å²) in [6.45, 7) is 2.26. The monoisotopic (exact) mass is 298 g/mol. The van der Waals surface area contributed by atoms with Gasteiger partial charge in [-0.25, -0.2) is 0 Å². The average Bonchev–Trinajstić information content (AvgIpc) is 2.43. The molecule has 2 nitrogen and oxygen atoms in total. The van der Waals surface area contributed by atoms with Gasteiger partial charge in [-0.1, -0.05) is 70.4 Å². The first-order chi connectivity index (χ1) is 9.77. The Balaban J connectivity index is -0.000000301. The Morgan fingerprint density at radius 3 is 1.64 bits per heavy atom. The number of unbranched alkanes of at least 4 members (excludes halogenated alkanes) is 11. The molecule has 22 heavy (non-hydrogen) atoms. The van der Waals surface area contributed by atoms with Gasteiger partial charge in [0.15, 0.2) is 0 Å². The molecule has 0 rings (SSSR count). The maximum atomic E-state index is 10.3. The molecule has 0 bridgehead atoms. The number of aliphatic carboxylic acids is 1. The molecule has 0 fully saturated rings. The molecule has 4 heteroatoms. The summed E-state index contributed by atoms with van der Waals surface area (Å²) in [5.74, 6) is -0.664. The van der Waals surface area contributed by atoms with Crippen LogP contribution in [0.25, 0.3) is 0 Å². The van der Waals surface area contributed by atoms with Crippen molar-refractivity contribution in [2.75, 3.05) is 0 Å². The Labute approximate surface area is 165 Å². The number of hydrogen-bond donors (Lipinski definition) is 1. The Hall–Kier alpha value is 0.405. The maximum Gasteiger partial charge on any atom is 1.00 e. The SMILES string of the molecule is CCCCCCCC/C=C\CCCCCCCC(=O)O.[H-].[H-].[Li+].[Li+]. The summed E-state index contributed by atoms with van der Waals surface area (Å²) in [5, 5.41) is 8.51. The molecule has 0 saturated heterocycles. The second kappa shape index (κ2) is 23.7. The number of allylic oxidation sites excluding steroid dienone is 2. The van der Waals surface area contributed by atoms with E-state index in [9.17, 15) is 4.79 Å². The van der Waals surface area contributed by atoms with Crippen LogP contribution in [0.3, 0.4) is 0 Å². The molecule has 0 unspecified atom stereocenters. The molecule has 0 radical (unpaired) electrons. The fraction of sp³-hybridized carbons (Fsp3) is 0.833. The number of carbonyl (C=O) groups is 1. The molecule has 0 amide bonds. The van der Waals surface area contributed by atoms with Crippen molar-refractivity contribution in [1.29, 1.82) is 0 Å². The minimum atomic E-state index is -0.664. The molecule has 0 aromatic rings. The van der Waals surface area contributed by atoms with E-state index in [1.807, 2.05) is 0 Å². The topological polar surface area (TPSA) is 37.3 Å². The van der Waals surface area contributed by atoms with Crippen LogP contribution in [-0.2, 0) is 4.79 Å². The molecule has 1 N–H and O–H groups in total. The van der Waals surface area contributed by atoms with Crippen LogP contribution in [0.5, 0.6) is 0 Å². The van der Waals surface area contributed by atoms with Crippen LogP contribution >= 0.6 is 0 Å². The first kappa shape index (κ1) is 27.3. The van der Waals surface area contributed by atoms with Crippen molar-refractivity contribution in [3.05, 3.63) is 12.2 Å². The van der Waals surface area contributed by atoms with E-state index in [0.29, 0.717) is 6.42 Å². The summed E-state index contributed by atoms with van der Waals surface area (Å²) >= 11 is 0. The molecule has 0 spiro atoms. The molecule has 122 valence electrons. The van der Waals surface area contributed by atoms with Gasteiger partial charge in [-0.15, -0.1) is 0 Å². The Kier molecular flexibility index (Phi) is 29.3. The summed E-state index contributed by atoms with van der Waals surface area (Å²) in [4.78, 5) is 10.3. The van der Waals surface area contributed by atoms with Crippen LogP contribution in [0.4, 0.5) is 0 Å². The molecular weight excluding hydrogens is 262 g/mol. The second-order valence-corrected chi connectivity index (χ2v) is 5.73.